The van der Waals surface area contributed by atoms with Crippen molar-refractivity contribution in [2.24, 2.45) is 11.7 Å². The topological polar surface area (TPSA) is 64.3 Å². The van der Waals surface area contributed by atoms with Crippen LogP contribution in [-0.2, 0) is 9.53 Å². The van der Waals surface area contributed by atoms with Crippen molar-refractivity contribution in [2.45, 2.75) is 84.0 Å². The highest BCUT2D eigenvalue weighted by molar-refractivity contribution is 5.80. The van der Waals surface area contributed by atoms with E-state index in [-0.39, 0.29) is 17.6 Å². The predicted molar refractivity (Wildman–Crippen MR) is 82.5 cm³/mol. The Morgan fingerprint density at radius 1 is 1.40 bits per heavy atom. The molecule has 2 atom stereocenters. The van der Waals surface area contributed by atoms with Crippen LogP contribution in [0.1, 0.15) is 66.2 Å². The number of nitrogens with two attached hydrogens (primary N) is 1. The maximum Gasteiger partial charge on any atom is 0.249 e. The van der Waals surface area contributed by atoms with E-state index in [1.54, 1.807) is 0 Å². The summed E-state index contributed by atoms with van der Waals surface area (Å²) >= 11 is 0. The highest BCUT2D eigenvalue weighted by Crippen LogP contribution is 2.34. The molecule has 1 aliphatic carbocycles. The second-order valence-electron chi connectivity index (χ2n) is 6.53. The zero-order valence-electron chi connectivity index (χ0n) is 13.6. The molecule has 20 heavy (non-hydrogen) atoms. The van der Waals surface area contributed by atoms with Crippen molar-refractivity contribution in [3.8, 4) is 0 Å². The van der Waals surface area contributed by atoms with E-state index >= 15 is 0 Å². The Morgan fingerprint density at radius 3 is 2.50 bits per heavy atom. The number of carbonyl (C=O) groups is 1. The van der Waals surface area contributed by atoms with Crippen LogP contribution in [0.4, 0.5) is 0 Å². The first kappa shape index (κ1) is 17.4. The van der Waals surface area contributed by atoms with Crippen LogP contribution in [0.15, 0.2) is 0 Å². The van der Waals surface area contributed by atoms with Crippen LogP contribution in [0, 0.1) is 5.92 Å². The molecule has 1 saturated carbocycles. The summed E-state index contributed by atoms with van der Waals surface area (Å²) in [5, 5.41) is 3.02. The van der Waals surface area contributed by atoms with Gasteiger partial charge in [0.1, 0.15) is 6.10 Å². The SMILES string of the molecule is CCCC(C)NC(=O)C(C)OC1(CN)CCC(C)CC1. The van der Waals surface area contributed by atoms with Crippen molar-refractivity contribution in [3.63, 3.8) is 0 Å². The van der Waals surface area contributed by atoms with Gasteiger partial charge in [-0.15, -0.1) is 0 Å². The molecule has 0 bridgehead atoms. The van der Waals surface area contributed by atoms with Gasteiger partial charge in [-0.3, -0.25) is 4.79 Å². The maximum atomic E-state index is 12.1. The number of hydrogen-bond donors (Lipinski definition) is 2. The van der Waals surface area contributed by atoms with Gasteiger partial charge < -0.3 is 15.8 Å². The number of rotatable bonds is 7. The summed E-state index contributed by atoms with van der Waals surface area (Å²) < 4.78 is 6.08. The first-order chi connectivity index (χ1) is 9.42. The summed E-state index contributed by atoms with van der Waals surface area (Å²) in [6, 6.07) is 0.207. The highest BCUT2D eigenvalue weighted by Gasteiger charge is 2.36. The quantitative estimate of drug-likeness (QED) is 0.755. The fourth-order valence-corrected chi connectivity index (χ4v) is 2.95. The Bertz CT molecular complexity index is 299. The summed E-state index contributed by atoms with van der Waals surface area (Å²) in [4.78, 5) is 12.1. The van der Waals surface area contributed by atoms with Crippen LogP contribution in [0.2, 0.25) is 0 Å². The van der Waals surface area contributed by atoms with Gasteiger partial charge >= 0.3 is 0 Å². The van der Waals surface area contributed by atoms with Gasteiger partial charge in [-0.05, 0) is 51.9 Å². The molecule has 0 heterocycles. The maximum absolute atomic E-state index is 12.1. The van der Waals surface area contributed by atoms with Gasteiger partial charge in [0.25, 0.3) is 0 Å². The number of carbonyl (C=O) groups excluding carboxylic acids is 1. The summed E-state index contributed by atoms with van der Waals surface area (Å²) in [6.45, 7) is 8.76. The molecule has 4 heteroatoms. The molecule has 0 aromatic rings. The second kappa shape index (κ2) is 7.99. The van der Waals surface area contributed by atoms with Gasteiger partial charge in [0.2, 0.25) is 5.91 Å². The van der Waals surface area contributed by atoms with E-state index in [4.69, 9.17) is 10.5 Å². The Hall–Kier alpha value is -0.610. The predicted octanol–water partition coefficient (Wildman–Crippen LogP) is 2.60. The summed E-state index contributed by atoms with van der Waals surface area (Å²) in [5.74, 6) is 0.726. The van der Waals surface area contributed by atoms with Crippen LogP contribution in [0.25, 0.3) is 0 Å². The third-order valence-electron chi connectivity index (χ3n) is 4.46. The highest BCUT2D eigenvalue weighted by atomic mass is 16.5. The van der Waals surface area contributed by atoms with Gasteiger partial charge in [-0.25, -0.2) is 0 Å². The molecule has 0 saturated heterocycles. The zero-order valence-corrected chi connectivity index (χ0v) is 13.6. The van der Waals surface area contributed by atoms with Crippen molar-refractivity contribution < 1.29 is 9.53 Å². The average molecular weight is 284 g/mol. The number of hydrogen-bond acceptors (Lipinski definition) is 3. The molecular formula is C16H32N2O2. The van der Waals surface area contributed by atoms with E-state index < -0.39 is 6.10 Å². The molecule has 0 aliphatic heterocycles. The molecule has 1 aliphatic rings. The lowest BCUT2D eigenvalue weighted by molar-refractivity contribution is -0.150. The Morgan fingerprint density at radius 2 is 2.00 bits per heavy atom. The van der Waals surface area contributed by atoms with Crippen LogP contribution in [-0.4, -0.2) is 30.2 Å². The molecule has 0 aromatic carbocycles. The van der Waals surface area contributed by atoms with Crippen LogP contribution >= 0.6 is 0 Å². The summed E-state index contributed by atoms with van der Waals surface area (Å²) in [6.07, 6.45) is 5.85. The fraction of sp³-hybridized carbons (Fsp3) is 0.938. The summed E-state index contributed by atoms with van der Waals surface area (Å²) in [7, 11) is 0. The molecule has 1 amide bonds. The van der Waals surface area contributed by atoms with E-state index in [2.05, 4.69) is 19.2 Å². The van der Waals surface area contributed by atoms with E-state index in [1.165, 1.54) is 0 Å². The second-order valence-corrected chi connectivity index (χ2v) is 6.53. The molecule has 3 N–H and O–H groups in total. The van der Waals surface area contributed by atoms with Crippen LogP contribution < -0.4 is 11.1 Å². The minimum Gasteiger partial charge on any atom is -0.361 e. The summed E-state index contributed by atoms with van der Waals surface area (Å²) in [5.41, 5.74) is 5.63. The van der Waals surface area contributed by atoms with E-state index in [0.29, 0.717) is 6.54 Å². The van der Waals surface area contributed by atoms with Gasteiger partial charge in [-0.1, -0.05) is 20.3 Å². The molecule has 0 aromatic heterocycles. The van der Waals surface area contributed by atoms with E-state index in [0.717, 1.165) is 44.4 Å². The first-order valence-electron chi connectivity index (χ1n) is 8.10. The third kappa shape index (κ3) is 5.06. The van der Waals surface area contributed by atoms with Gasteiger partial charge in [0.05, 0.1) is 5.60 Å². The fourth-order valence-electron chi connectivity index (χ4n) is 2.95. The lowest BCUT2D eigenvalue weighted by atomic mass is 9.79. The van der Waals surface area contributed by atoms with E-state index in [1.807, 2.05) is 13.8 Å². The molecule has 0 spiro atoms. The number of nitrogens with one attached hydrogen (secondary N) is 1. The van der Waals surface area contributed by atoms with Crippen molar-refractivity contribution in [1.29, 1.82) is 0 Å². The van der Waals surface area contributed by atoms with Gasteiger partial charge in [0.15, 0.2) is 0 Å². The molecule has 1 rings (SSSR count). The van der Waals surface area contributed by atoms with Crippen molar-refractivity contribution >= 4 is 5.91 Å². The Balaban J connectivity index is 2.50. The lowest BCUT2D eigenvalue weighted by Crippen LogP contribution is -2.50. The molecular weight excluding hydrogens is 252 g/mol. The van der Waals surface area contributed by atoms with Crippen molar-refractivity contribution in [2.75, 3.05) is 6.54 Å². The molecule has 4 nitrogen and oxygen atoms in total. The standard InChI is InChI=1S/C16H32N2O2/c1-5-6-13(3)18-15(19)14(4)20-16(11-17)9-7-12(2)8-10-16/h12-14H,5-11,17H2,1-4H3,(H,18,19). The molecule has 118 valence electrons. The van der Waals surface area contributed by atoms with Gasteiger partial charge in [0, 0.05) is 12.6 Å². The van der Waals surface area contributed by atoms with Crippen molar-refractivity contribution in [1.82, 2.24) is 5.32 Å². The average Bonchev–Trinajstić information content (AvgIpc) is 2.41. The van der Waals surface area contributed by atoms with E-state index in [9.17, 15) is 4.79 Å². The first-order valence-corrected chi connectivity index (χ1v) is 8.10. The normalized spacial score (nSPS) is 29.8. The van der Waals surface area contributed by atoms with Crippen LogP contribution in [0.5, 0.6) is 0 Å². The monoisotopic (exact) mass is 284 g/mol. The number of ether oxygens (including phenoxy) is 1. The largest absolute Gasteiger partial charge is 0.361 e. The minimum absolute atomic E-state index is 0.0163. The van der Waals surface area contributed by atoms with Crippen LogP contribution in [0.3, 0.4) is 0 Å². The zero-order chi connectivity index (χ0) is 15.2. The van der Waals surface area contributed by atoms with Gasteiger partial charge in [-0.2, -0.15) is 0 Å². The minimum atomic E-state index is -0.425. The molecule has 1 fully saturated rings. The third-order valence-corrected chi connectivity index (χ3v) is 4.46. The Kier molecular flexibility index (Phi) is 6.96. The van der Waals surface area contributed by atoms with Crippen molar-refractivity contribution in [3.05, 3.63) is 0 Å². The Labute approximate surface area is 123 Å². The lowest BCUT2D eigenvalue weighted by Gasteiger charge is -2.40. The number of amides is 1. The molecule has 0 radical (unpaired) electrons. The molecule has 2 unspecified atom stereocenters. The smallest absolute Gasteiger partial charge is 0.249 e.